The number of carbonyl (C=O) groups is 2. The molecular formula is C12H18N3O3+. The van der Waals surface area contributed by atoms with Crippen molar-refractivity contribution in [1.29, 1.82) is 0 Å². The first-order chi connectivity index (χ1) is 8.20. The Hall–Kier alpha value is -1.98. The fourth-order valence-corrected chi connectivity index (χ4v) is 1.49. The quantitative estimate of drug-likeness (QED) is 0.616. The van der Waals surface area contributed by atoms with E-state index in [1.807, 2.05) is 0 Å². The molecule has 1 amide bonds. The van der Waals surface area contributed by atoms with Gasteiger partial charge in [-0.1, -0.05) is 20.8 Å². The first-order valence-electron chi connectivity index (χ1n) is 5.60. The zero-order valence-corrected chi connectivity index (χ0v) is 11.3. The molecule has 0 aliphatic rings. The predicted octanol–water partition coefficient (Wildman–Crippen LogP) is 0.528. The number of nitrogens with zero attached hydrogens (tertiary/aromatic N) is 2. The third kappa shape index (κ3) is 2.47. The molecule has 1 N–H and O–H groups in total. The maximum Gasteiger partial charge on any atom is 0.356 e. The van der Waals surface area contributed by atoms with Gasteiger partial charge in [0.05, 0.1) is 12.0 Å². The van der Waals surface area contributed by atoms with Crippen molar-refractivity contribution in [3.05, 3.63) is 28.4 Å². The molecule has 6 nitrogen and oxygen atoms in total. The Morgan fingerprint density at radius 2 is 1.83 bits per heavy atom. The molecule has 98 valence electrons. The maximum atomic E-state index is 12.1. The molecule has 0 aliphatic heterocycles. The van der Waals surface area contributed by atoms with Crippen LogP contribution in [0.4, 0.5) is 0 Å². The molecular weight excluding hydrogens is 234 g/mol. The van der Waals surface area contributed by atoms with E-state index in [2.05, 4.69) is 5.32 Å². The Labute approximate surface area is 105 Å². The van der Waals surface area contributed by atoms with E-state index in [-0.39, 0.29) is 17.2 Å². The number of hydrogen-bond donors (Lipinski definition) is 1. The van der Waals surface area contributed by atoms with Crippen LogP contribution in [0.5, 0.6) is 0 Å². The van der Waals surface area contributed by atoms with Crippen molar-refractivity contribution in [2.24, 2.45) is 12.5 Å². The molecule has 1 heterocycles. The molecule has 0 aliphatic carbocycles. The number of ketones is 1. The van der Waals surface area contributed by atoms with Crippen molar-refractivity contribution < 1.29 is 14.1 Å². The lowest BCUT2D eigenvalue weighted by molar-refractivity contribution is -0.598. The first-order valence-corrected chi connectivity index (χ1v) is 5.60. The Morgan fingerprint density at radius 1 is 1.28 bits per heavy atom. The summed E-state index contributed by atoms with van der Waals surface area (Å²) in [5, 5.41) is 2.37. The second kappa shape index (κ2) is 4.72. The zero-order valence-electron chi connectivity index (χ0n) is 11.3. The highest BCUT2D eigenvalue weighted by molar-refractivity contribution is 5.98. The minimum absolute atomic E-state index is 0.0505. The number of hydrogen-bond acceptors (Lipinski definition) is 3. The van der Waals surface area contributed by atoms with E-state index < -0.39 is 11.3 Å². The second-order valence-electron chi connectivity index (χ2n) is 5.06. The van der Waals surface area contributed by atoms with Gasteiger partial charge in [0.1, 0.15) is 5.69 Å². The smallest absolute Gasteiger partial charge is 0.350 e. The van der Waals surface area contributed by atoms with Crippen LogP contribution in [0.2, 0.25) is 0 Å². The highest BCUT2D eigenvalue weighted by Gasteiger charge is 2.29. The normalized spacial score (nSPS) is 11.2. The van der Waals surface area contributed by atoms with Crippen molar-refractivity contribution in [2.45, 2.75) is 20.8 Å². The third-order valence-corrected chi connectivity index (χ3v) is 2.60. The number of carbonyl (C=O) groups excluding carboxylic acids is 2. The van der Waals surface area contributed by atoms with Crippen molar-refractivity contribution >= 4 is 11.7 Å². The number of nitrogens with one attached hydrogen (secondary N) is 1. The van der Waals surface area contributed by atoms with Crippen LogP contribution in [0, 0.1) is 10.3 Å². The van der Waals surface area contributed by atoms with Gasteiger partial charge in [0, 0.05) is 18.5 Å². The Morgan fingerprint density at radius 3 is 2.28 bits per heavy atom. The molecule has 0 saturated carbocycles. The summed E-state index contributed by atoms with van der Waals surface area (Å²) >= 11 is 0. The molecule has 0 aromatic carbocycles. The topological polar surface area (TPSA) is 74.1 Å². The number of rotatable bonds is 2. The summed E-state index contributed by atoms with van der Waals surface area (Å²) in [6.07, 6.45) is 0. The van der Waals surface area contributed by atoms with Gasteiger partial charge in [0.2, 0.25) is 0 Å². The maximum absolute atomic E-state index is 12.1. The molecule has 1 rings (SSSR count). The van der Waals surface area contributed by atoms with Crippen LogP contribution >= 0.6 is 0 Å². The highest BCUT2D eigenvalue weighted by atomic mass is 16.3. The summed E-state index contributed by atoms with van der Waals surface area (Å²) in [6.45, 7) is 5.32. The molecule has 1 aromatic heterocycles. The summed E-state index contributed by atoms with van der Waals surface area (Å²) in [6, 6.07) is 2.84. The van der Waals surface area contributed by atoms with Crippen LogP contribution in [-0.2, 0) is 7.05 Å². The fourth-order valence-electron chi connectivity index (χ4n) is 1.49. The predicted molar refractivity (Wildman–Crippen MR) is 66.0 cm³/mol. The van der Waals surface area contributed by atoms with Gasteiger partial charge < -0.3 is 5.32 Å². The molecule has 0 bridgehead atoms. The van der Waals surface area contributed by atoms with Crippen molar-refractivity contribution in [3.8, 4) is 0 Å². The van der Waals surface area contributed by atoms with Crippen molar-refractivity contribution in [1.82, 2.24) is 10.00 Å². The lowest BCUT2D eigenvalue weighted by atomic mass is 9.89. The van der Waals surface area contributed by atoms with E-state index >= 15 is 0 Å². The molecule has 0 radical (unpaired) electrons. The monoisotopic (exact) mass is 252 g/mol. The van der Waals surface area contributed by atoms with Crippen LogP contribution in [0.3, 0.4) is 0 Å². The van der Waals surface area contributed by atoms with Crippen LogP contribution in [0.25, 0.3) is 0 Å². The molecule has 0 spiro atoms. The summed E-state index contributed by atoms with van der Waals surface area (Å²) in [7, 11) is 2.90. The van der Waals surface area contributed by atoms with Crippen LogP contribution in [0.1, 0.15) is 41.7 Å². The largest absolute Gasteiger partial charge is 0.356 e. The van der Waals surface area contributed by atoms with E-state index in [1.165, 1.54) is 26.2 Å². The average Bonchev–Trinajstić information content (AvgIpc) is 2.29. The number of Topliss-reactive ketones (excluding diaryl/α,β-unsaturated/α-hetero) is 1. The average molecular weight is 252 g/mol. The molecule has 0 atom stereocenters. The molecule has 1 aromatic rings. The zero-order chi connectivity index (χ0) is 14.1. The van der Waals surface area contributed by atoms with Crippen molar-refractivity contribution in [2.75, 3.05) is 7.05 Å². The van der Waals surface area contributed by atoms with E-state index in [4.69, 9.17) is 0 Å². The van der Waals surface area contributed by atoms with E-state index in [9.17, 15) is 14.5 Å². The van der Waals surface area contributed by atoms with Crippen LogP contribution in [-0.4, -0.2) is 23.4 Å². The van der Waals surface area contributed by atoms with E-state index in [1.54, 1.807) is 20.8 Å². The number of amides is 1. The second-order valence-corrected chi connectivity index (χ2v) is 5.06. The Balaban J connectivity index is 3.38. The van der Waals surface area contributed by atoms with Crippen LogP contribution < -0.4 is 9.86 Å². The fraction of sp³-hybridized carbons (Fsp3) is 0.500. The molecule has 18 heavy (non-hydrogen) atoms. The van der Waals surface area contributed by atoms with Gasteiger partial charge in [-0.25, -0.2) is 0 Å². The summed E-state index contributed by atoms with van der Waals surface area (Å²) in [5.41, 5.74) is -0.366. The summed E-state index contributed by atoms with van der Waals surface area (Å²) < 4.78 is 1.55. The Kier molecular flexibility index (Phi) is 3.69. The van der Waals surface area contributed by atoms with Gasteiger partial charge in [0.25, 0.3) is 0 Å². The van der Waals surface area contributed by atoms with Gasteiger partial charge in [-0.2, -0.15) is 0 Å². The lowest BCUT2D eigenvalue weighted by Gasteiger charge is -2.16. The van der Waals surface area contributed by atoms with Gasteiger partial charge in [-0.3, -0.25) is 9.59 Å². The molecule has 0 fully saturated rings. The van der Waals surface area contributed by atoms with E-state index in [0.29, 0.717) is 4.54 Å². The van der Waals surface area contributed by atoms with Gasteiger partial charge in [-0.15, -0.1) is 4.68 Å². The minimum atomic E-state index is -0.584. The molecule has 6 heteroatoms. The first kappa shape index (κ1) is 14.1. The molecule has 0 saturated heterocycles. The third-order valence-electron chi connectivity index (χ3n) is 2.60. The SMILES string of the molecule is CNC(=O)c1ccc(C(=O)C(C)(C)C)n(C)[n+]1=O. The molecule has 0 unspecified atom stereocenters. The highest BCUT2D eigenvalue weighted by Crippen LogP contribution is 2.19. The number of aromatic nitrogens is 2. The van der Waals surface area contributed by atoms with Gasteiger partial charge in [-0.05, 0) is 6.07 Å². The van der Waals surface area contributed by atoms with Gasteiger partial charge >= 0.3 is 11.6 Å². The van der Waals surface area contributed by atoms with Gasteiger partial charge in [0.15, 0.2) is 10.3 Å². The standard InChI is InChI=1S/C12H17N3O3/c1-12(2,3)10(16)8-6-7-9(11(17)13-4)15(18)14(8)5/h6-7H,1-5H3/p+1. The van der Waals surface area contributed by atoms with E-state index in [0.717, 1.165) is 4.68 Å². The summed E-state index contributed by atoms with van der Waals surface area (Å²) in [4.78, 5) is 35.4. The van der Waals surface area contributed by atoms with Crippen molar-refractivity contribution in [3.63, 3.8) is 0 Å². The Bertz CT molecular complexity index is 553. The summed E-state index contributed by atoms with van der Waals surface area (Å²) in [5.74, 6) is -0.645. The minimum Gasteiger partial charge on any atom is -0.350 e. The lowest BCUT2D eigenvalue weighted by Crippen LogP contribution is -2.42. The van der Waals surface area contributed by atoms with Crippen LogP contribution in [0.15, 0.2) is 12.1 Å².